The molecule has 0 aliphatic carbocycles. The summed E-state index contributed by atoms with van der Waals surface area (Å²) in [5, 5.41) is 11.9. The summed E-state index contributed by atoms with van der Waals surface area (Å²) in [6.07, 6.45) is 0.474. The summed E-state index contributed by atoms with van der Waals surface area (Å²) < 4.78 is 8.04. The van der Waals surface area contributed by atoms with Crippen LogP contribution in [0.5, 0.6) is 5.75 Å². The minimum atomic E-state index is -0.545. The highest BCUT2D eigenvalue weighted by Crippen LogP contribution is 2.31. The molecule has 0 spiro atoms. The van der Waals surface area contributed by atoms with E-state index >= 15 is 0 Å². The van der Waals surface area contributed by atoms with Crippen LogP contribution in [0.1, 0.15) is 16.8 Å². The summed E-state index contributed by atoms with van der Waals surface area (Å²) in [5.74, 6) is 0.795. The normalized spacial score (nSPS) is 15.8. The van der Waals surface area contributed by atoms with E-state index in [4.69, 9.17) is 4.74 Å². The van der Waals surface area contributed by atoms with Gasteiger partial charge in [-0.3, -0.25) is 0 Å². The number of ether oxygens (including phenoxy) is 1. The van der Waals surface area contributed by atoms with Gasteiger partial charge in [0.2, 0.25) is 0 Å². The van der Waals surface area contributed by atoms with Crippen molar-refractivity contribution in [2.24, 2.45) is 0 Å². The molecule has 0 saturated carbocycles. The van der Waals surface area contributed by atoms with Gasteiger partial charge in [0.1, 0.15) is 18.5 Å². The summed E-state index contributed by atoms with van der Waals surface area (Å²) >= 11 is 0. The second-order valence-electron chi connectivity index (χ2n) is 7.32. The molecular weight excluding hydrogens is 324 g/mol. The predicted molar refractivity (Wildman–Crippen MR) is 105 cm³/mol. The second-order valence-corrected chi connectivity index (χ2v) is 7.32. The van der Waals surface area contributed by atoms with Crippen molar-refractivity contribution >= 4 is 10.9 Å². The van der Waals surface area contributed by atoms with Crippen LogP contribution in [0.4, 0.5) is 0 Å². The topological polar surface area (TPSA) is 37.6 Å². The molecule has 4 nitrogen and oxygen atoms in total. The number of likely N-dealkylation sites (N-methyl/N-ethyl adjacent to an activating group) is 1. The maximum Gasteiger partial charge on any atom is 0.119 e. The van der Waals surface area contributed by atoms with Gasteiger partial charge in [0.15, 0.2) is 0 Å². The standard InChI is InChI=1S/C22H26N2O2/c1-16-8-9-21-19(12-16)20-14-23(2)11-10-22(20)24(21)13-17(25)15-26-18-6-4-3-5-7-18/h3-9,12,17,25H,10-11,13-15H2,1-2H3. The molecule has 1 aliphatic heterocycles. The number of nitrogens with zero attached hydrogens (tertiary/aromatic N) is 2. The molecule has 4 heteroatoms. The van der Waals surface area contributed by atoms with Crippen molar-refractivity contribution in [2.45, 2.75) is 32.5 Å². The zero-order valence-electron chi connectivity index (χ0n) is 15.5. The number of para-hydroxylation sites is 1. The zero-order valence-corrected chi connectivity index (χ0v) is 15.5. The minimum absolute atomic E-state index is 0.296. The molecule has 1 N–H and O–H groups in total. The van der Waals surface area contributed by atoms with Gasteiger partial charge < -0.3 is 19.3 Å². The third-order valence-corrected chi connectivity index (χ3v) is 5.18. The Morgan fingerprint density at radius 1 is 1.15 bits per heavy atom. The molecule has 0 fully saturated rings. The van der Waals surface area contributed by atoms with Gasteiger partial charge in [-0.2, -0.15) is 0 Å². The maximum absolute atomic E-state index is 10.6. The van der Waals surface area contributed by atoms with E-state index in [1.807, 2.05) is 30.3 Å². The first kappa shape index (κ1) is 17.1. The molecule has 1 aliphatic rings. The Labute approximate surface area is 154 Å². The van der Waals surface area contributed by atoms with Crippen LogP contribution in [-0.4, -0.2) is 40.9 Å². The Hall–Kier alpha value is -2.30. The molecular formula is C22H26N2O2. The lowest BCUT2D eigenvalue weighted by Gasteiger charge is -2.25. The molecule has 136 valence electrons. The number of benzene rings is 2. The van der Waals surface area contributed by atoms with Crippen molar-refractivity contribution < 1.29 is 9.84 Å². The quantitative estimate of drug-likeness (QED) is 0.767. The van der Waals surface area contributed by atoms with E-state index in [1.54, 1.807) is 0 Å². The Bertz CT molecular complexity index is 901. The minimum Gasteiger partial charge on any atom is -0.491 e. The van der Waals surface area contributed by atoms with Gasteiger partial charge in [-0.1, -0.05) is 29.8 Å². The molecule has 3 aromatic rings. The first-order valence-electron chi connectivity index (χ1n) is 9.27. The second kappa shape index (κ2) is 7.14. The molecule has 2 heterocycles. The molecule has 0 radical (unpaired) electrons. The van der Waals surface area contributed by atoms with Gasteiger partial charge in [-0.15, -0.1) is 0 Å². The van der Waals surface area contributed by atoms with Crippen LogP contribution in [0.25, 0.3) is 10.9 Å². The van der Waals surface area contributed by atoms with Crippen molar-refractivity contribution in [2.75, 3.05) is 20.2 Å². The SMILES string of the molecule is Cc1ccc2c(c1)c1c(n2CC(O)COc2ccccc2)CCN(C)C1. The van der Waals surface area contributed by atoms with E-state index < -0.39 is 6.10 Å². The number of rotatable bonds is 5. The van der Waals surface area contributed by atoms with Crippen LogP contribution in [-0.2, 0) is 19.5 Å². The van der Waals surface area contributed by atoms with Crippen molar-refractivity contribution in [3.05, 3.63) is 65.4 Å². The van der Waals surface area contributed by atoms with Crippen LogP contribution in [0.2, 0.25) is 0 Å². The number of aryl methyl sites for hydroxylation is 1. The fraction of sp³-hybridized carbons (Fsp3) is 0.364. The molecule has 0 bridgehead atoms. The average Bonchev–Trinajstić information content (AvgIpc) is 2.93. The van der Waals surface area contributed by atoms with E-state index in [1.165, 1.54) is 27.7 Å². The molecule has 0 amide bonds. The Morgan fingerprint density at radius 3 is 2.77 bits per heavy atom. The predicted octanol–water partition coefficient (Wildman–Crippen LogP) is 3.38. The highest BCUT2D eigenvalue weighted by atomic mass is 16.5. The highest BCUT2D eigenvalue weighted by Gasteiger charge is 2.23. The number of aliphatic hydroxyl groups is 1. The average molecular weight is 350 g/mol. The third kappa shape index (κ3) is 3.35. The van der Waals surface area contributed by atoms with Gasteiger partial charge in [-0.05, 0) is 43.8 Å². The summed E-state index contributed by atoms with van der Waals surface area (Å²) in [6.45, 7) is 5.02. The Kier molecular flexibility index (Phi) is 4.70. The molecule has 1 unspecified atom stereocenters. The van der Waals surface area contributed by atoms with Crippen LogP contribution in [0, 0.1) is 6.92 Å². The molecule has 0 saturated heterocycles. The lowest BCUT2D eigenvalue weighted by atomic mass is 10.0. The monoisotopic (exact) mass is 350 g/mol. The van der Waals surface area contributed by atoms with Gasteiger partial charge in [0.05, 0.1) is 6.54 Å². The smallest absolute Gasteiger partial charge is 0.119 e. The number of aliphatic hydroxyl groups excluding tert-OH is 1. The zero-order chi connectivity index (χ0) is 18.1. The summed E-state index contributed by atoms with van der Waals surface area (Å²) in [4.78, 5) is 2.36. The van der Waals surface area contributed by atoms with Crippen molar-refractivity contribution in [1.29, 1.82) is 0 Å². The van der Waals surface area contributed by atoms with Gasteiger partial charge in [0, 0.05) is 36.1 Å². The molecule has 1 atom stereocenters. The fourth-order valence-electron chi connectivity index (χ4n) is 3.88. The third-order valence-electron chi connectivity index (χ3n) is 5.18. The van der Waals surface area contributed by atoms with Crippen LogP contribution < -0.4 is 4.74 Å². The maximum atomic E-state index is 10.6. The lowest BCUT2D eigenvalue weighted by molar-refractivity contribution is 0.0925. The number of hydrogen-bond donors (Lipinski definition) is 1. The largest absolute Gasteiger partial charge is 0.491 e. The highest BCUT2D eigenvalue weighted by molar-refractivity contribution is 5.86. The number of aromatic nitrogens is 1. The van der Waals surface area contributed by atoms with E-state index in [-0.39, 0.29) is 0 Å². The summed E-state index contributed by atoms with van der Waals surface area (Å²) in [6, 6.07) is 16.3. The summed E-state index contributed by atoms with van der Waals surface area (Å²) in [7, 11) is 2.17. The number of hydrogen-bond acceptors (Lipinski definition) is 3. The molecule has 2 aromatic carbocycles. The Balaban J connectivity index is 1.59. The fourth-order valence-corrected chi connectivity index (χ4v) is 3.88. The van der Waals surface area contributed by atoms with Crippen LogP contribution >= 0.6 is 0 Å². The molecule has 4 rings (SSSR count). The van der Waals surface area contributed by atoms with E-state index in [2.05, 4.69) is 41.6 Å². The van der Waals surface area contributed by atoms with E-state index in [0.717, 1.165) is 25.3 Å². The first-order valence-corrected chi connectivity index (χ1v) is 9.27. The van der Waals surface area contributed by atoms with Crippen LogP contribution in [0.15, 0.2) is 48.5 Å². The van der Waals surface area contributed by atoms with Gasteiger partial charge in [0.25, 0.3) is 0 Å². The van der Waals surface area contributed by atoms with Gasteiger partial charge >= 0.3 is 0 Å². The lowest BCUT2D eigenvalue weighted by Crippen LogP contribution is -2.29. The summed E-state index contributed by atoms with van der Waals surface area (Å²) in [5.41, 5.74) is 5.27. The van der Waals surface area contributed by atoms with Crippen molar-refractivity contribution in [3.63, 3.8) is 0 Å². The Morgan fingerprint density at radius 2 is 1.96 bits per heavy atom. The molecule has 26 heavy (non-hydrogen) atoms. The van der Waals surface area contributed by atoms with Gasteiger partial charge in [-0.25, -0.2) is 0 Å². The van der Waals surface area contributed by atoms with E-state index in [0.29, 0.717) is 13.2 Å². The van der Waals surface area contributed by atoms with Crippen molar-refractivity contribution in [1.82, 2.24) is 9.47 Å². The molecule has 1 aromatic heterocycles. The van der Waals surface area contributed by atoms with Crippen molar-refractivity contribution in [3.8, 4) is 5.75 Å². The van der Waals surface area contributed by atoms with Crippen LogP contribution in [0.3, 0.4) is 0 Å². The number of fused-ring (bicyclic) bond motifs is 3. The van der Waals surface area contributed by atoms with E-state index in [9.17, 15) is 5.11 Å². The first-order chi connectivity index (χ1) is 12.6.